The number of nitriles is 2. The Hall–Kier alpha value is -2.55. The Morgan fingerprint density at radius 3 is 1.60 bits per heavy atom. The zero-order chi connectivity index (χ0) is 26.3. The van der Waals surface area contributed by atoms with Crippen molar-refractivity contribution in [1.82, 2.24) is 0 Å². The van der Waals surface area contributed by atoms with E-state index < -0.39 is 11.6 Å². The molecule has 0 aliphatic heterocycles. The van der Waals surface area contributed by atoms with Crippen molar-refractivity contribution in [3.63, 3.8) is 0 Å². The van der Waals surface area contributed by atoms with Crippen LogP contribution in [0.2, 0.25) is 0 Å². The molecule has 0 saturated heterocycles. The first-order chi connectivity index (χ1) is 16.3. The molecule has 0 N–H and O–H groups in total. The largest absolute Gasteiger partial charge is 1.00 e. The van der Waals surface area contributed by atoms with Gasteiger partial charge in [0, 0.05) is 10.5 Å². The molecule has 2 aromatic rings. The molecule has 0 spiro atoms. The molecule has 0 aromatic heterocycles. The molecule has 0 amide bonds. The number of rotatable bonds is 8. The average Bonchev–Trinajstić information content (AvgIpc) is 2.84. The van der Waals surface area contributed by atoms with Gasteiger partial charge >= 0.3 is 17.1 Å². The van der Waals surface area contributed by atoms with Gasteiger partial charge in [-0.2, -0.15) is 10.5 Å². The summed E-state index contributed by atoms with van der Waals surface area (Å²) in [6.07, 6.45) is 0. The van der Waals surface area contributed by atoms with E-state index in [1.54, 1.807) is 39.0 Å². The zero-order valence-electron chi connectivity index (χ0n) is 19.3. The molecule has 2 aromatic carbocycles. The normalized spacial score (nSPS) is 8.91. The van der Waals surface area contributed by atoms with Gasteiger partial charge in [-0.3, -0.25) is 0 Å². The SMILES string of the molecule is CCOc1cc(Br)c(Br)c(F)c1OCC.CCOc1cc(C#N)c(C#N)c(F)c1OCC.[C-]#N.[Cu+]. The van der Waals surface area contributed by atoms with Gasteiger partial charge in [-0.05, 0) is 65.6 Å². The van der Waals surface area contributed by atoms with Crippen LogP contribution >= 0.6 is 31.9 Å². The number of hydrogen-bond donors (Lipinski definition) is 0. The van der Waals surface area contributed by atoms with Gasteiger partial charge in [0.25, 0.3) is 0 Å². The van der Waals surface area contributed by atoms with E-state index in [4.69, 9.17) is 41.3 Å². The molecule has 35 heavy (non-hydrogen) atoms. The monoisotopic (exact) mass is 663 g/mol. The Morgan fingerprint density at radius 1 is 0.771 bits per heavy atom. The van der Waals surface area contributed by atoms with Crippen LogP contribution in [0.15, 0.2) is 21.1 Å². The minimum atomic E-state index is -0.850. The van der Waals surface area contributed by atoms with Gasteiger partial charge in [-0.1, -0.05) is 0 Å². The fraction of sp³-hybridized carbons (Fsp3) is 0.348. The fourth-order valence-corrected chi connectivity index (χ4v) is 3.12. The third-order valence-corrected chi connectivity index (χ3v) is 5.61. The summed E-state index contributed by atoms with van der Waals surface area (Å²) in [5.41, 5.74) is -0.378. The van der Waals surface area contributed by atoms with Gasteiger partial charge in [-0.15, -0.1) is 0 Å². The van der Waals surface area contributed by atoms with Crippen molar-refractivity contribution in [3.8, 4) is 35.1 Å². The predicted molar refractivity (Wildman–Crippen MR) is 127 cm³/mol. The molecule has 0 heterocycles. The molecule has 0 bridgehead atoms. The van der Waals surface area contributed by atoms with E-state index in [0.29, 0.717) is 34.5 Å². The molecule has 12 heteroatoms. The van der Waals surface area contributed by atoms with E-state index in [-0.39, 0.29) is 52.1 Å². The Bertz CT molecular complexity index is 1070. The van der Waals surface area contributed by atoms with Crippen LogP contribution in [-0.2, 0) is 17.1 Å². The number of benzene rings is 2. The molecule has 192 valence electrons. The second-order valence-corrected chi connectivity index (χ2v) is 7.36. The molecule has 0 aliphatic rings. The van der Waals surface area contributed by atoms with Crippen molar-refractivity contribution in [2.75, 3.05) is 26.4 Å². The third kappa shape index (κ3) is 9.55. The summed E-state index contributed by atoms with van der Waals surface area (Å²) in [7, 11) is 0. The Labute approximate surface area is 231 Å². The van der Waals surface area contributed by atoms with Crippen molar-refractivity contribution >= 4 is 31.9 Å². The van der Waals surface area contributed by atoms with Crippen molar-refractivity contribution in [2.45, 2.75) is 27.7 Å². The van der Waals surface area contributed by atoms with Crippen molar-refractivity contribution in [1.29, 1.82) is 15.8 Å². The van der Waals surface area contributed by atoms with Gasteiger partial charge < -0.3 is 30.8 Å². The first-order valence-electron chi connectivity index (χ1n) is 9.88. The summed E-state index contributed by atoms with van der Waals surface area (Å²) in [4.78, 5) is 0. The first kappa shape index (κ1) is 34.6. The van der Waals surface area contributed by atoms with Crippen molar-refractivity contribution in [2.24, 2.45) is 0 Å². The van der Waals surface area contributed by atoms with Crippen LogP contribution in [-0.4, -0.2) is 26.4 Å². The molecule has 0 radical (unpaired) electrons. The second-order valence-electron chi connectivity index (χ2n) is 5.71. The van der Waals surface area contributed by atoms with E-state index in [1.165, 1.54) is 6.07 Å². The Kier molecular flexibility index (Phi) is 18.5. The van der Waals surface area contributed by atoms with Gasteiger partial charge in [0.2, 0.25) is 0 Å². The summed E-state index contributed by atoms with van der Waals surface area (Å²) in [5, 5.41) is 23.9. The number of halogens is 4. The molecule has 2 rings (SSSR count). The smallest absolute Gasteiger partial charge is 0.512 e. The summed E-state index contributed by atoms with van der Waals surface area (Å²) in [5.74, 6) is -0.722. The minimum Gasteiger partial charge on any atom is -0.512 e. The standard InChI is InChI=1S/C12H11FN2O2.C10H11Br2FO2.CN.Cu/c1-3-16-10-5-8(6-14)9(7-15)11(13)12(10)17-4-2;1-3-14-7-5-6(11)8(12)9(13)10(7)15-4-2;1-2;/h5H,3-4H2,1-2H3;5H,3-4H2,1-2H3;;/q;;-1;+1. The molecular weight excluding hydrogens is 644 g/mol. The quantitative estimate of drug-likeness (QED) is 0.177. The van der Waals surface area contributed by atoms with Gasteiger partial charge in [0.15, 0.2) is 34.6 Å². The van der Waals surface area contributed by atoms with Crippen LogP contribution in [0.5, 0.6) is 23.0 Å². The first-order valence-corrected chi connectivity index (χ1v) is 11.5. The van der Waals surface area contributed by atoms with E-state index in [9.17, 15) is 8.78 Å². The van der Waals surface area contributed by atoms with Crippen LogP contribution in [0.4, 0.5) is 8.78 Å². The summed E-state index contributed by atoms with van der Waals surface area (Å²) in [6, 6.07) is 6.41. The predicted octanol–water partition coefficient (Wildman–Crippen LogP) is 6.61. The van der Waals surface area contributed by atoms with Crippen LogP contribution < -0.4 is 18.9 Å². The average molecular weight is 666 g/mol. The molecule has 0 unspecified atom stereocenters. The van der Waals surface area contributed by atoms with E-state index in [1.807, 2.05) is 6.92 Å². The van der Waals surface area contributed by atoms with E-state index in [2.05, 4.69) is 31.9 Å². The second kappa shape index (κ2) is 18.7. The van der Waals surface area contributed by atoms with Crippen LogP contribution in [0, 0.1) is 46.1 Å². The molecular formula is C23H22Br2CuF2N3O4. The van der Waals surface area contributed by atoms with Crippen molar-refractivity contribution in [3.05, 3.63) is 50.4 Å². The topological polar surface area (TPSA) is 108 Å². The maximum Gasteiger partial charge on any atom is 1.00 e. The number of nitrogens with zero attached hydrogens (tertiary/aromatic N) is 3. The fourth-order valence-electron chi connectivity index (χ4n) is 2.45. The summed E-state index contributed by atoms with van der Waals surface area (Å²) < 4.78 is 49.4. The molecule has 7 nitrogen and oxygen atoms in total. The van der Waals surface area contributed by atoms with Crippen molar-refractivity contribution < 1.29 is 44.8 Å². The maximum atomic E-state index is 13.9. The van der Waals surface area contributed by atoms with Crippen LogP contribution in [0.3, 0.4) is 0 Å². The van der Waals surface area contributed by atoms with Gasteiger partial charge in [-0.25, -0.2) is 8.78 Å². The molecule has 0 saturated carbocycles. The van der Waals surface area contributed by atoms with Gasteiger partial charge in [0.05, 0.1) is 36.5 Å². The van der Waals surface area contributed by atoms with E-state index >= 15 is 0 Å². The molecule has 0 atom stereocenters. The maximum absolute atomic E-state index is 13.9. The van der Waals surface area contributed by atoms with Gasteiger partial charge in [0.1, 0.15) is 17.7 Å². The third-order valence-electron chi connectivity index (χ3n) is 3.68. The van der Waals surface area contributed by atoms with E-state index in [0.717, 1.165) is 0 Å². The summed E-state index contributed by atoms with van der Waals surface area (Å²) >= 11 is 6.36. The Balaban J connectivity index is 0. The minimum absolute atomic E-state index is 0. The Morgan fingerprint density at radius 2 is 1.20 bits per heavy atom. The van der Waals surface area contributed by atoms with Crippen LogP contribution in [0.25, 0.3) is 0 Å². The number of ether oxygens (including phenoxy) is 4. The van der Waals surface area contributed by atoms with Crippen LogP contribution in [0.1, 0.15) is 38.8 Å². The molecule has 0 fully saturated rings. The zero-order valence-corrected chi connectivity index (χ0v) is 23.4. The molecule has 0 aliphatic carbocycles. The number of hydrogen-bond acceptors (Lipinski definition) is 7. The summed E-state index contributed by atoms with van der Waals surface area (Å²) in [6.45, 7) is 13.2.